The van der Waals surface area contributed by atoms with E-state index in [0.29, 0.717) is 11.1 Å². The summed E-state index contributed by atoms with van der Waals surface area (Å²) in [5.41, 5.74) is 1.05. The molecule has 0 radical (unpaired) electrons. The van der Waals surface area contributed by atoms with Gasteiger partial charge in [0, 0.05) is 24.5 Å². The van der Waals surface area contributed by atoms with Crippen molar-refractivity contribution >= 4 is 17.4 Å². The monoisotopic (exact) mass is 338 g/mol. The molecule has 0 unspecified atom stereocenters. The SMILES string of the molecule is C[C@@H](O)CN1C(=O)C(=O)C(=C(O)c2ccccc2)[C@@H]1c1cccnc1. The summed E-state index contributed by atoms with van der Waals surface area (Å²) in [6.07, 6.45) is 2.32. The van der Waals surface area contributed by atoms with E-state index in [1.807, 2.05) is 0 Å². The van der Waals surface area contributed by atoms with E-state index in [1.165, 1.54) is 11.8 Å². The van der Waals surface area contributed by atoms with Crippen molar-refractivity contribution in [2.45, 2.75) is 19.1 Å². The number of Topliss-reactive ketones (excluding diaryl/α,β-unsaturated/α-hetero) is 1. The lowest BCUT2D eigenvalue weighted by atomic mass is 9.96. The van der Waals surface area contributed by atoms with Crippen molar-refractivity contribution in [2.24, 2.45) is 0 Å². The third kappa shape index (κ3) is 3.16. The van der Waals surface area contributed by atoms with Crippen LogP contribution in [0.3, 0.4) is 0 Å². The minimum atomic E-state index is -0.811. The molecular weight excluding hydrogens is 320 g/mol. The number of nitrogens with zero attached hydrogens (tertiary/aromatic N) is 2. The minimum Gasteiger partial charge on any atom is -0.507 e. The van der Waals surface area contributed by atoms with Crippen molar-refractivity contribution in [1.29, 1.82) is 0 Å². The van der Waals surface area contributed by atoms with E-state index in [9.17, 15) is 19.8 Å². The van der Waals surface area contributed by atoms with E-state index >= 15 is 0 Å². The lowest BCUT2D eigenvalue weighted by molar-refractivity contribution is -0.140. The quantitative estimate of drug-likeness (QED) is 0.505. The van der Waals surface area contributed by atoms with E-state index in [-0.39, 0.29) is 17.9 Å². The van der Waals surface area contributed by atoms with Crippen molar-refractivity contribution in [3.63, 3.8) is 0 Å². The minimum absolute atomic E-state index is 0.00449. The molecule has 0 spiro atoms. The first-order valence-electron chi connectivity index (χ1n) is 7.92. The molecule has 0 aliphatic carbocycles. The number of rotatable bonds is 4. The van der Waals surface area contributed by atoms with Gasteiger partial charge in [0.25, 0.3) is 11.7 Å². The summed E-state index contributed by atoms with van der Waals surface area (Å²) >= 11 is 0. The maximum Gasteiger partial charge on any atom is 0.295 e. The third-order valence-electron chi connectivity index (χ3n) is 4.05. The molecule has 25 heavy (non-hydrogen) atoms. The van der Waals surface area contributed by atoms with Crippen molar-refractivity contribution in [3.05, 3.63) is 71.6 Å². The number of carbonyl (C=O) groups excluding carboxylic acids is 2. The smallest absolute Gasteiger partial charge is 0.295 e. The Morgan fingerprint density at radius 1 is 1.20 bits per heavy atom. The molecule has 3 rings (SSSR count). The van der Waals surface area contributed by atoms with Crippen LogP contribution in [-0.4, -0.2) is 44.4 Å². The molecule has 2 aromatic rings. The van der Waals surface area contributed by atoms with Gasteiger partial charge in [-0.15, -0.1) is 0 Å². The molecule has 128 valence electrons. The molecule has 2 atom stereocenters. The maximum atomic E-state index is 12.6. The van der Waals surface area contributed by atoms with E-state index < -0.39 is 23.8 Å². The molecule has 0 bridgehead atoms. The van der Waals surface area contributed by atoms with Gasteiger partial charge >= 0.3 is 0 Å². The van der Waals surface area contributed by atoms with Gasteiger partial charge in [-0.3, -0.25) is 14.6 Å². The Morgan fingerprint density at radius 3 is 2.52 bits per heavy atom. The molecule has 1 aliphatic heterocycles. The Kier molecular flexibility index (Phi) is 4.63. The number of hydrogen-bond donors (Lipinski definition) is 2. The number of hydrogen-bond acceptors (Lipinski definition) is 5. The number of aliphatic hydroxyl groups is 2. The van der Waals surface area contributed by atoms with Crippen LogP contribution in [0.5, 0.6) is 0 Å². The number of aromatic nitrogens is 1. The van der Waals surface area contributed by atoms with Crippen LogP contribution >= 0.6 is 0 Å². The summed E-state index contributed by atoms with van der Waals surface area (Å²) in [6, 6.07) is 11.2. The Labute approximate surface area is 145 Å². The van der Waals surface area contributed by atoms with Crippen molar-refractivity contribution in [3.8, 4) is 0 Å². The number of benzene rings is 1. The predicted molar refractivity (Wildman–Crippen MR) is 91.4 cm³/mol. The van der Waals surface area contributed by atoms with Crippen LogP contribution < -0.4 is 0 Å². The highest BCUT2D eigenvalue weighted by Crippen LogP contribution is 2.38. The molecule has 1 saturated heterocycles. The highest BCUT2D eigenvalue weighted by molar-refractivity contribution is 6.46. The molecule has 2 N–H and O–H groups in total. The highest BCUT2D eigenvalue weighted by Gasteiger charge is 2.46. The van der Waals surface area contributed by atoms with Crippen molar-refractivity contribution in [1.82, 2.24) is 9.88 Å². The summed E-state index contributed by atoms with van der Waals surface area (Å²) in [5, 5.41) is 20.4. The van der Waals surface area contributed by atoms with Gasteiger partial charge in [0.05, 0.1) is 17.7 Å². The molecular formula is C19H18N2O4. The number of pyridine rings is 1. The largest absolute Gasteiger partial charge is 0.507 e. The van der Waals surface area contributed by atoms with Gasteiger partial charge in [0.15, 0.2) is 0 Å². The van der Waals surface area contributed by atoms with Crippen LogP contribution in [0.1, 0.15) is 24.1 Å². The molecule has 1 aromatic heterocycles. The standard InChI is InChI=1S/C19H18N2O4/c1-12(22)11-21-16(14-8-5-9-20-10-14)15(18(24)19(21)25)17(23)13-6-3-2-4-7-13/h2-10,12,16,22-23H,11H2,1H3/t12-,16+/m1/s1. The fraction of sp³-hybridized carbons (Fsp3) is 0.211. The Morgan fingerprint density at radius 2 is 1.92 bits per heavy atom. The zero-order chi connectivity index (χ0) is 18.0. The first-order chi connectivity index (χ1) is 12.0. The summed E-state index contributed by atoms with van der Waals surface area (Å²) in [4.78, 5) is 30.4. The van der Waals surface area contributed by atoms with Gasteiger partial charge in [-0.1, -0.05) is 36.4 Å². The molecule has 1 fully saturated rings. The van der Waals surface area contributed by atoms with Gasteiger partial charge in [-0.05, 0) is 18.6 Å². The van der Waals surface area contributed by atoms with Crippen molar-refractivity contribution < 1.29 is 19.8 Å². The number of β-amino-alcohol motifs (C(OH)–C–C–N with tert-alkyl or cyclic N) is 1. The number of aliphatic hydroxyl groups excluding tert-OH is 2. The maximum absolute atomic E-state index is 12.6. The van der Waals surface area contributed by atoms with Crippen LogP contribution in [0, 0.1) is 0 Å². The second-order valence-corrected chi connectivity index (χ2v) is 5.95. The van der Waals surface area contributed by atoms with Gasteiger partial charge in [-0.2, -0.15) is 0 Å². The molecule has 1 aliphatic rings. The van der Waals surface area contributed by atoms with E-state index in [1.54, 1.807) is 54.9 Å². The zero-order valence-electron chi connectivity index (χ0n) is 13.7. The van der Waals surface area contributed by atoms with Gasteiger partial charge in [-0.25, -0.2) is 0 Å². The Bertz CT molecular complexity index is 816. The zero-order valence-corrected chi connectivity index (χ0v) is 13.7. The lowest BCUT2D eigenvalue weighted by Crippen LogP contribution is -2.35. The van der Waals surface area contributed by atoms with Crippen LogP contribution in [-0.2, 0) is 9.59 Å². The Balaban J connectivity index is 2.18. The molecule has 0 saturated carbocycles. The van der Waals surface area contributed by atoms with E-state index in [4.69, 9.17) is 0 Å². The fourth-order valence-corrected chi connectivity index (χ4v) is 2.99. The predicted octanol–water partition coefficient (Wildman–Crippen LogP) is 1.88. The summed E-state index contributed by atoms with van der Waals surface area (Å²) < 4.78 is 0. The van der Waals surface area contributed by atoms with Gasteiger partial charge < -0.3 is 15.1 Å². The van der Waals surface area contributed by atoms with Gasteiger partial charge in [0.1, 0.15) is 5.76 Å². The molecule has 1 aromatic carbocycles. The van der Waals surface area contributed by atoms with Crippen LogP contribution in [0.2, 0.25) is 0 Å². The number of likely N-dealkylation sites (tertiary alicyclic amines) is 1. The number of carbonyl (C=O) groups is 2. The summed E-state index contributed by atoms with van der Waals surface area (Å²) in [6.45, 7) is 1.52. The highest BCUT2D eigenvalue weighted by atomic mass is 16.3. The average Bonchev–Trinajstić information content (AvgIpc) is 2.87. The molecule has 6 nitrogen and oxygen atoms in total. The lowest BCUT2D eigenvalue weighted by Gasteiger charge is -2.26. The second-order valence-electron chi connectivity index (χ2n) is 5.95. The van der Waals surface area contributed by atoms with E-state index in [2.05, 4.69) is 4.98 Å². The molecule has 6 heteroatoms. The summed E-state index contributed by atoms with van der Waals surface area (Å²) in [5.74, 6) is -1.75. The second kappa shape index (κ2) is 6.86. The number of amides is 1. The summed E-state index contributed by atoms with van der Waals surface area (Å²) in [7, 11) is 0. The van der Waals surface area contributed by atoms with Crippen molar-refractivity contribution in [2.75, 3.05) is 6.54 Å². The Hall–Kier alpha value is -2.99. The van der Waals surface area contributed by atoms with Gasteiger partial charge in [0.2, 0.25) is 0 Å². The first-order valence-corrected chi connectivity index (χ1v) is 7.92. The van der Waals surface area contributed by atoms with E-state index in [0.717, 1.165) is 0 Å². The van der Waals surface area contributed by atoms with Crippen LogP contribution in [0.25, 0.3) is 5.76 Å². The topological polar surface area (TPSA) is 90.7 Å². The fourth-order valence-electron chi connectivity index (χ4n) is 2.99. The van der Waals surface area contributed by atoms with Crippen LogP contribution in [0.15, 0.2) is 60.4 Å². The van der Waals surface area contributed by atoms with Crippen LogP contribution in [0.4, 0.5) is 0 Å². The normalized spacial score (nSPS) is 20.7. The molecule has 2 heterocycles. The third-order valence-corrected chi connectivity index (χ3v) is 4.05. The number of ketones is 1. The molecule has 1 amide bonds. The average molecular weight is 338 g/mol. The first kappa shape index (κ1) is 16.9.